The van der Waals surface area contributed by atoms with Crippen LogP contribution in [0.2, 0.25) is 0 Å². The van der Waals surface area contributed by atoms with Crippen LogP contribution < -0.4 is 19.5 Å². The number of ether oxygens (including phenoxy) is 4. The fourth-order valence-electron chi connectivity index (χ4n) is 2.11. The largest absolute Gasteiger partial charge is 0.493 e. The van der Waals surface area contributed by atoms with E-state index >= 15 is 0 Å². The van der Waals surface area contributed by atoms with Gasteiger partial charge in [-0.2, -0.15) is 0 Å². The quantitative estimate of drug-likeness (QED) is 0.708. The monoisotopic (exact) mass is 345 g/mol. The maximum atomic E-state index is 12.0. The molecular weight excluding hydrogens is 322 g/mol. The highest BCUT2D eigenvalue weighted by atomic mass is 16.5. The Labute approximate surface area is 147 Å². The van der Waals surface area contributed by atoms with Crippen molar-refractivity contribution in [1.29, 1.82) is 0 Å². The summed E-state index contributed by atoms with van der Waals surface area (Å²) in [5.41, 5.74) is 1.73. The molecule has 0 fully saturated rings. The van der Waals surface area contributed by atoms with E-state index < -0.39 is 0 Å². The lowest BCUT2D eigenvalue weighted by Gasteiger charge is -2.12. The minimum Gasteiger partial charge on any atom is -0.493 e. The first-order valence-corrected chi connectivity index (χ1v) is 7.91. The number of nitrogens with one attached hydrogen (secondary N) is 1. The maximum absolute atomic E-state index is 12.0. The Morgan fingerprint density at radius 3 is 2.40 bits per heavy atom. The summed E-state index contributed by atoms with van der Waals surface area (Å²) in [6.07, 6.45) is 0. The SMILES string of the molecule is COCCOc1ccc(NC(=O)COc2ccc(C)cc2OC)cc1. The summed E-state index contributed by atoms with van der Waals surface area (Å²) in [4.78, 5) is 12.0. The predicted molar refractivity (Wildman–Crippen MR) is 95.7 cm³/mol. The van der Waals surface area contributed by atoms with E-state index in [9.17, 15) is 4.79 Å². The van der Waals surface area contributed by atoms with E-state index in [2.05, 4.69) is 5.32 Å². The molecular formula is C19H23NO5. The van der Waals surface area contributed by atoms with Gasteiger partial charge in [0.1, 0.15) is 12.4 Å². The number of anilines is 1. The minimum absolute atomic E-state index is 0.106. The Balaban J connectivity index is 1.84. The van der Waals surface area contributed by atoms with E-state index in [1.807, 2.05) is 19.1 Å². The summed E-state index contributed by atoms with van der Waals surface area (Å²) in [6, 6.07) is 12.7. The van der Waals surface area contributed by atoms with Gasteiger partial charge in [0.2, 0.25) is 0 Å². The molecule has 0 unspecified atom stereocenters. The summed E-state index contributed by atoms with van der Waals surface area (Å²) in [5.74, 6) is 1.60. The van der Waals surface area contributed by atoms with Crippen molar-refractivity contribution in [2.75, 3.05) is 39.4 Å². The van der Waals surface area contributed by atoms with Gasteiger partial charge in [-0.3, -0.25) is 4.79 Å². The Hall–Kier alpha value is -2.73. The lowest BCUT2D eigenvalue weighted by Crippen LogP contribution is -2.20. The zero-order valence-corrected chi connectivity index (χ0v) is 14.7. The van der Waals surface area contributed by atoms with Crippen molar-refractivity contribution in [3.8, 4) is 17.2 Å². The van der Waals surface area contributed by atoms with E-state index in [1.165, 1.54) is 0 Å². The lowest BCUT2D eigenvalue weighted by atomic mass is 10.2. The summed E-state index contributed by atoms with van der Waals surface area (Å²) in [6.45, 7) is 2.86. The Kier molecular flexibility index (Phi) is 7.10. The molecule has 25 heavy (non-hydrogen) atoms. The van der Waals surface area contributed by atoms with Crippen LogP contribution in [-0.4, -0.2) is 39.9 Å². The van der Waals surface area contributed by atoms with E-state index in [1.54, 1.807) is 44.6 Å². The number of hydrogen-bond acceptors (Lipinski definition) is 5. The third-order valence-corrected chi connectivity index (χ3v) is 3.37. The highest BCUT2D eigenvalue weighted by molar-refractivity contribution is 5.91. The van der Waals surface area contributed by atoms with Crippen molar-refractivity contribution in [1.82, 2.24) is 0 Å². The van der Waals surface area contributed by atoms with Crippen LogP contribution in [-0.2, 0) is 9.53 Å². The van der Waals surface area contributed by atoms with Gasteiger partial charge in [-0.25, -0.2) is 0 Å². The van der Waals surface area contributed by atoms with E-state index in [0.29, 0.717) is 30.4 Å². The second kappa shape index (κ2) is 9.54. The number of carbonyl (C=O) groups excluding carboxylic acids is 1. The Morgan fingerprint density at radius 1 is 0.960 bits per heavy atom. The van der Waals surface area contributed by atoms with E-state index in [0.717, 1.165) is 11.3 Å². The van der Waals surface area contributed by atoms with Gasteiger partial charge >= 0.3 is 0 Å². The summed E-state index contributed by atoms with van der Waals surface area (Å²) < 4.78 is 21.2. The second-order valence-electron chi connectivity index (χ2n) is 5.36. The highest BCUT2D eigenvalue weighted by Crippen LogP contribution is 2.27. The van der Waals surface area contributed by atoms with Gasteiger partial charge in [-0.05, 0) is 48.9 Å². The van der Waals surface area contributed by atoms with Gasteiger partial charge in [-0.15, -0.1) is 0 Å². The lowest BCUT2D eigenvalue weighted by molar-refractivity contribution is -0.118. The zero-order chi connectivity index (χ0) is 18.1. The van der Waals surface area contributed by atoms with Crippen molar-refractivity contribution in [2.45, 2.75) is 6.92 Å². The first-order chi connectivity index (χ1) is 12.1. The average Bonchev–Trinajstić information content (AvgIpc) is 2.62. The van der Waals surface area contributed by atoms with Crippen molar-refractivity contribution in [3.05, 3.63) is 48.0 Å². The molecule has 0 saturated heterocycles. The van der Waals surface area contributed by atoms with Crippen molar-refractivity contribution in [2.24, 2.45) is 0 Å². The van der Waals surface area contributed by atoms with Gasteiger partial charge < -0.3 is 24.3 Å². The normalized spacial score (nSPS) is 10.2. The molecule has 2 aromatic rings. The van der Waals surface area contributed by atoms with Gasteiger partial charge in [0, 0.05) is 12.8 Å². The fourth-order valence-corrected chi connectivity index (χ4v) is 2.11. The first-order valence-electron chi connectivity index (χ1n) is 7.91. The molecule has 134 valence electrons. The van der Waals surface area contributed by atoms with Crippen LogP contribution in [0.1, 0.15) is 5.56 Å². The molecule has 0 aromatic heterocycles. The van der Waals surface area contributed by atoms with Crippen molar-refractivity contribution in [3.63, 3.8) is 0 Å². The minimum atomic E-state index is -0.254. The molecule has 0 aliphatic heterocycles. The molecule has 0 saturated carbocycles. The second-order valence-corrected chi connectivity index (χ2v) is 5.36. The van der Waals surface area contributed by atoms with Crippen LogP contribution in [0.15, 0.2) is 42.5 Å². The first kappa shape index (κ1) is 18.6. The number of benzene rings is 2. The average molecular weight is 345 g/mol. The molecule has 1 N–H and O–H groups in total. The molecule has 0 spiro atoms. The number of aryl methyl sites for hydroxylation is 1. The third-order valence-electron chi connectivity index (χ3n) is 3.37. The molecule has 0 aliphatic rings. The third kappa shape index (κ3) is 6.00. The summed E-state index contributed by atoms with van der Waals surface area (Å²) in [5, 5.41) is 2.77. The molecule has 2 rings (SSSR count). The Bertz CT molecular complexity index is 685. The standard InChI is InChI=1S/C19H23NO5/c1-14-4-9-17(18(12-14)23-3)25-13-19(21)20-15-5-7-16(8-6-15)24-11-10-22-2/h4-9,12H,10-11,13H2,1-3H3,(H,20,21). The van der Waals surface area contributed by atoms with Crippen molar-refractivity contribution >= 4 is 11.6 Å². The van der Waals surface area contributed by atoms with Gasteiger partial charge in [0.15, 0.2) is 18.1 Å². The molecule has 6 nitrogen and oxygen atoms in total. The van der Waals surface area contributed by atoms with Crippen LogP contribution >= 0.6 is 0 Å². The number of rotatable bonds is 9. The molecule has 0 heterocycles. The molecule has 1 amide bonds. The Morgan fingerprint density at radius 2 is 1.72 bits per heavy atom. The fraction of sp³-hybridized carbons (Fsp3) is 0.316. The molecule has 0 atom stereocenters. The number of amides is 1. The highest BCUT2D eigenvalue weighted by Gasteiger charge is 2.08. The predicted octanol–water partition coefficient (Wildman–Crippen LogP) is 3.05. The molecule has 2 aromatic carbocycles. The smallest absolute Gasteiger partial charge is 0.262 e. The van der Waals surface area contributed by atoms with Gasteiger partial charge in [0.25, 0.3) is 5.91 Å². The van der Waals surface area contributed by atoms with Crippen LogP contribution in [0.25, 0.3) is 0 Å². The van der Waals surface area contributed by atoms with Crippen LogP contribution in [0.3, 0.4) is 0 Å². The molecule has 6 heteroatoms. The number of methoxy groups -OCH3 is 2. The van der Waals surface area contributed by atoms with E-state index in [-0.39, 0.29) is 12.5 Å². The topological polar surface area (TPSA) is 66.0 Å². The number of carbonyl (C=O) groups is 1. The summed E-state index contributed by atoms with van der Waals surface area (Å²) in [7, 11) is 3.19. The zero-order valence-electron chi connectivity index (χ0n) is 14.7. The summed E-state index contributed by atoms with van der Waals surface area (Å²) >= 11 is 0. The van der Waals surface area contributed by atoms with Gasteiger partial charge in [-0.1, -0.05) is 6.07 Å². The van der Waals surface area contributed by atoms with E-state index in [4.69, 9.17) is 18.9 Å². The molecule has 0 aliphatic carbocycles. The van der Waals surface area contributed by atoms with Crippen LogP contribution in [0, 0.1) is 6.92 Å². The van der Waals surface area contributed by atoms with Crippen molar-refractivity contribution < 1.29 is 23.7 Å². The van der Waals surface area contributed by atoms with Gasteiger partial charge in [0.05, 0.1) is 13.7 Å². The number of hydrogen-bond donors (Lipinski definition) is 1. The maximum Gasteiger partial charge on any atom is 0.262 e. The van der Waals surface area contributed by atoms with Crippen LogP contribution in [0.5, 0.6) is 17.2 Å². The molecule has 0 radical (unpaired) electrons. The van der Waals surface area contributed by atoms with Crippen LogP contribution in [0.4, 0.5) is 5.69 Å². The molecule has 0 bridgehead atoms.